The lowest BCUT2D eigenvalue weighted by Crippen LogP contribution is -2.26. The Bertz CT molecular complexity index is 450. The summed E-state index contributed by atoms with van der Waals surface area (Å²) in [4.78, 5) is 27.8. The number of rotatable bonds is 7. The molecule has 0 aliphatic heterocycles. The monoisotopic (exact) mass is 299 g/mol. The third-order valence-corrected chi connectivity index (χ3v) is 3.43. The van der Waals surface area contributed by atoms with Crippen molar-refractivity contribution in [2.45, 2.75) is 19.0 Å². The number of amides is 1. The molecule has 1 heterocycles. The third-order valence-electron chi connectivity index (χ3n) is 2.60. The second kappa shape index (κ2) is 7.85. The summed E-state index contributed by atoms with van der Waals surface area (Å²) >= 11 is 1.26. The Morgan fingerprint density at radius 2 is 1.90 bits per heavy atom. The maximum Gasteiger partial charge on any atom is 0.242 e. The summed E-state index contributed by atoms with van der Waals surface area (Å²) in [6.07, 6.45) is 0. The summed E-state index contributed by atoms with van der Waals surface area (Å²) in [7, 11) is 3.43. The molecule has 0 unspecified atom stereocenters. The highest BCUT2D eigenvalue weighted by molar-refractivity contribution is 7.99. The number of carbonyl (C=O) groups excluding carboxylic acids is 1. The highest BCUT2D eigenvalue weighted by Crippen LogP contribution is 2.18. The zero-order chi connectivity index (χ0) is 15.1. The number of anilines is 2. The molecule has 0 saturated heterocycles. The molecule has 9 heteroatoms. The Hall–Kier alpha value is -1.61. The van der Waals surface area contributed by atoms with Gasteiger partial charge in [0.25, 0.3) is 0 Å². The van der Waals surface area contributed by atoms with E-state index in [1.165, 1.54) is 16.7 Å². The van der Waals surface area contributed by atoms with Gasteiger partial charge in [0, 0.05) is 27.2 Å². The standard InChI is InChI=1S/C11H21N7OS/c1-5-18(6-2)10-13-9(16-12)14-11(15-10)20-7-8(19)17(3)4/h5-7,12H2,1-4H3,(H,13,14,15,16). The predicted octanol–water partition coefficient (Wildman–Crippen LogP) is 0.184. The number of nitrogen functional groups attached to an aromatic ring is 1. The molecule has 0 saturated carbocycles. The van der Waals surface area contributed by atoms with Gasteiger partial charge >= 0.3 is 0 Å². The Kier molecular flexibility index (Phi) is 6.46. The normalized spacial score (nSPS) is 10.2. The number of thioether (sulfide) groups is 1. The van der Waals surface area contributed by atoms with Crippen molar-refractivity contribution in [3.05, 3.63) is 0 Å². The van der Waals surface area contributed by atoms with Gasteiger partial charge in [0.15, 0.2) is 5.16 Å². The Morgan fingerprint density at radius 3 is 2.40 bits per heavy atom. The molecule has 20 heavy (non-hydrogen) atoms. The first-order valence-electron chi connectivity index (χ1n) is 6.32. The number of hydrogen-bond acceptors (Lipinski definition) is 8. The van der Waals surface area contributed by atoms with Crippen molar-refractivity contribution in [1.29, 1.82) is 0 Å². The quantitative estimate of drug-likeness (QED) is 0.418. The minimum atomic E-state index is 0.00191. The number of carbonyl (C=O) groups is 1. The SMILES string of the molecule is CCN(CC)c1nc(NN)nc(SCC(=O)N(C)C)n1. The molecule has 0 aliphatic rings. The molecule has 0 spiro atoms. The van der Waals surface area contributed by atoms with E-state index in [0.717, 1.165) is 13.1 Å². The van der Waals surface area contributed by atoms with Gasteiger partial charge in [-0.15, -0.1) is 0 Å². The van der Waals surface area contributed by atoms with E-state index in [1.54, 1.807) is 14.1 Å². The van der Waals surface area contributed by atoms with E-state index in [0.29, 0.717) is 17.1 Å². The summed E-state index contributed by atoms with van der Waals surface area (Å²) in [6, 6.07) is 0. The average Bonchev–Trinajstić information content (AvgIpc) is 2.45. The van der Waals surface area contributed by atoms with Gasteiger partial charge < -0.3 is 9.80 Å². The Morgan fingerprint density at radius 1 is 1.25 bits per heavy atom. The van der Waals surface area contributed by atoms with Crippen LogP contribution in [-0.2, 0) is 4.79 Å². The van der Waals surface area contributed by atoms with Crippen LogP contribution in [0.1, 0.15) is 13.8 Å². The lowest BCUT2D eigenvalue weighted by molar-refractivity contribution is -0.125. The van der Waals surface area contributed by atoms with Crippen LogP contribution < -0.4 is 16.2 Å². The van der Waals surface area contributed by atoms with E-state index in [9.17, 15) is 4.79 Å². The first-order valence-corrected chi connectivity index (χ1v) is 7.30. The fourth-order valence-electron chi connectivity index (χ4n) is 1.38. The molecule has 1 rings (SSSR count). The zero-order valence-corrected chi connectivity index (χ0v) is 13.1. The first kappa shape index (κ1) is 16.4. The highest BCUT2D eigenvalue weighted by Gasteiger charge is 2.13. The first-order chi connectivity index (χ1) is 9.51. The van der Waals surface area contributed by atoms with Crippen molar-refractivity contribution >= 4 is 29.6 Å². The van der Waals surface area contributed by atoms with Gasteiger partial charge in [-0.2, -0.15) is 15.0 Å². The smallest absolute Gasteiger partial charge is 0.242 e. The van der Waals surface area contributed by atoms with E-state index in [4.69, 9.17) is 5.84 Å². The molecule has 1 aromatic heterocycles. The second-order valence-corrected chi connectivity index (χ2v) is 5.08. The highest BCUT2D eigenvalue weighted by atomic mass is 32.2. The van der Waals surface area contributed by atoms with E-state index in [1.807, 2.05) is 18.7 Å². The van der Waals surface area contributed by atoms with Crippen LogP contribution in [0.3, 0.4) is 0 Å². The van der Waals surface area contributed by atoms with Crippen LogP contribution in [0.15, 0.2) is 5.16 Å². The van der Waals surface area contributed by atoms with Crippen molar-refractivity contribution in [2.75, 3.05) is 43.3 Å². The summed E-state index contributed by atoms with van der Waals surface area (Å²) in [5.41, 5.74) is 2.42. The van der Waals surface area contributed by atoms with E-state index in [2.05, 4.69) is 20.4 Å². The van der Waals surface area contributed by atoms with Crippen molar-refractivity contribution in [3.8, 4) is 0 Å². The Balaban J connectivity index is 2.90. The minimum Gasteiger partial charge on any atom is -0.348 e. The molecule has 0 bridgehead atoms. The van der Waals surface area contributed by atoms with Crippen molar-refractivity contribution < 1.29 is 4.79 Å². The van der Waals surface area contributed by atoms with E-state index < -0.39 is 0 Å². The average molecular weight is 299 g/mol. The molecule has 0 radical (unpaired) electrons. The van der Waals surface area contributed by atoms with E-state index in [-0.39, 0.29) is 11.7 Å². The number of nitrogens with one attached hydrogen (secondary N) is 1. The molecule has 8 nitrogen and oxygen atoms in total. The molecule has 0 aromatic carbocycles. The lowest BCUT2D eigenvalue weighted by atomic mass is 10.5. The topological polar surface area (TPSA) is 100 Å². The summed E-state index contributed by atoms with van der Waals surface area (Å²) in [5.74, 6) is 6.49. The van der Waals surface area contributed by atoms with Crippen LogP contribution in [0.5, 0.6) is 0 Å². The van der Waals surface area contributed by atoms with Gasteiger partial charge in [0.05, 0.1) is 5.75 Å². The van der Waals surface area contributed by atoms with Crippen LogP contribution in [0, 0.1) is 0 Å². The molecule has 112 valence electrons. The maximum absolute atomic E-state index is 11.6. The minimum absolute atomic E-state index is 0.00191. The maximum atomic E-state index is 11.6. The van der Waals surface area contributed by atoms with Gasteiger partial charge in [-0.1, -0.05) is 11.8 Å². The molecule has 0 fully saturated rings. The fraction of sp³-hybridized carbons (Fsp3) is 0.636. The molecule has 3 N–H and O–H groups in total. The molecule has 1 aromatic rings. The van der Waals surface area contributed by atoms with Gasteiger partial charge in [-0.05, 0) is 13.8 Å². The Labute approximate surface area is 123 Å². The van der Waals surface area contributed by atoms with Crippen LogP contribution in [0.2, 0.25) is 0 Å². The van der Waals surface area contributed by atoms with Gasteiger partial charge in [-0.3, -0.25) is 10.2 Å². The summed E-state index contributed by atoms with van der Waals surface area (Å²) in [6.45, 7) is 5.60. The van der Waals surface area contributed by atoms with Gasteiger partial charge in [0.2, 0.25) is 17.8 Å². The van der Waals surface area contributed by atoms with Gasteiger partial charge in [0.1, 0.15) is 0 Å². The van der Waals surface area contributed by atoms with Crippen molar-refractivity contribution in [1.82, 2.24) is 19.9 Å². The number of hydrazine groups is 1. The lowest BCUT2D eigenvalue weighted by Gasteiger charge is -2.19. The number of nitrogens with two attached hydrogens (primary N) is 1. The molecular weight excluding hydrogens is 278 g/mol. The predicted molar refractivity (Wildman–Crippen MR) is 80.6 cm³/mol. The van der Waals surface area contributed by atoms with Gasteiger partial charge in [-0.25, -0.2) is 5.84 Å². The fourth-order valence-corrected chi connectivity index (χ4v) is 2.19. The van der Waals surface area contributed by atoms with Crippen molar-refractivity contribution in [2.24, 2.45) is 5.84 Å². The molecule has 0 aliphatic carbocycles. The largest absolute Gasteiger partial charge is 0.348 e. The number of hydrogen-bond donors (Lipinski definition) is 2. The second-order valence-electron chi connectivity index (χ2n) is 4.14. The van der Waals surface area contributed by atoms with Crippen LogP contribution in [0.4, 0.5) is 11.9 Å². The zero-order valence-electron chi connectivity index (χ0n) is 12.3. The van der Waals surface area contributed by atoms with Crippen LogP contribution in [0.25, 0.3) is 0 Å². The van der Waals surface area contributed by atoms with Crippen LogP contribution in [-0.4, -0.2) is 58.7 Å². The summed E-state index contributed by atoms with van der Waals surface area (Å²) in [5, 5.41) is 0.477. The molecule has 0 atom stereocenters. The van der Waals surface area contributed by atoms with Crippen molar-refractivity contribution in [3.63, 3.8) is 0 Å². The number of nitrogens with zero attached hydrogens (tertiary/aromatic N) is 5. The third kappa shape index (κ3) is 4.49. The molecular formula is C11H21N7OS. The summed E-state index contributed by atoms with van der Waals surface area (Å²) < 4.78 is 0. The molecule has 1 amide bonds. The van der Waals surface area contributed by atoms with Crippen LogP contribution >= 0.6 is 11.8 Å². The van der Waals surface area contributed by atoms with E-state index >= 15 is 0 Å². The number of aromatic nitrogens is 3.